The molecular weight excluding hydrogens is 1010 g/mol. The van der Waals surface area contributed by atoms with Crippen LogP contribution in [0, 0.1) is 0 Å². The van der Waals surface area contributed by atoms with Gasteiger partial charge in [0.05, 0.1) is 43.4 Å². The van der Waals surface area contributed by atoms with Crippen molar-refractivity contribution in [2.45, 2.75) is 108 Å². The molecule has 2 fully saturated rings. The van der Waals surface area contributed by atoms with E-state index in [4.69, 9.17) is 61.6 Å². The molecule has 2 aliphatic heterocycles. The maximum Gasteiger partial charge on any atom is 0.366 e. The average molecular weight is 1070 g/mol. The van der Waals surface area contributed by atoms with E-state index in [2.05, 4.69) is 5.32 Å². The number of nitrogens with one attached hydrogen (secondary N) is 1. The first-order chi connectivity index (χ1) is 36.8. The van der Waals surface area contributed by atoms with Crippen LogP contribution in [-0.4, -0.2) is 148 Å². The van der Waals surface area contributed by atoms with Crippen molar-refractivity contribution in [2.24, 2.45) is 0 Å². The largest absolute Gasteiger partial charge is 0.497 e. The van der Waals surface area contributed by atoms with Crippen LogP contribution in [-0.2, 0) is 80.9 Å². The first kappa shape index (κ1) is 57.9. The quantitative estimate of drug-likeness (QED) is 0.0911. The number of amides is 1. The second kappa shape index (κ2) is 26.9. The molecule has 0 bridgehead atoms. The van der Waals surface area contributed by atoms with Gasteiger partial charge in [-0.05, 0) is 60.7 Å². The van der Waals surface area contributed by atoms with E-state index in [0.29, 0.717) is 5.75 Å². The molecule has 4 aromatic rings. The molecule has 0 aliphatic carbocycles. The van der Waals surface area contributed by atoms with Crippen LogP contribution in [0.4, 0.5) is 0 Å². The Balaban J connectivity index is 1.62. The molecular formula is C54H57NO22. The first-order valence-electron chi connectivity index (χ1n) is 23.9. The lowest BCUT2D eigenvalue weighted by molar-refractivity contribution is -0.362. The highest BCUT2D eigenvalue weighted by molar-refractivity contribution is 5.91. The number of esters is 8. The fourth-order valence-electron chi connectivity index (χ4n) is 8.38. The van der Waals surface area contributed by atoms with Gasteiger partial charge in [-0.2, -0.15) is 0 Å². The van der Waals surface area contributed by atoms with Gasteiger partial charge in [0.15, 0.2) is 24.4 Å². The normalized spacial score (nSPS) is 23.4. The molecule has 1 amide bonds. The van der Waals surface area contributed by atoms with Gasteiger partial charge in [0, 0.05) is 34.6 Å². The second-order valence-corrected chi connectivity index (χ2v) is 17.3. The number of carbonyl (C=O) groups excluding carboxylic acids is 9. The highest BCUT2D eigenvalue weighted by atomic mass is 16.8. The Morgan fingerprint density at radius 2 is 1.13 bits per heavy atom. The van der Waals surface area contributed by atoms with Gasteiger partial charge in [0.25, 0.3) is 5.79 Å². The highest BCUT2D eigenvalue weighted by Gasteiger charge is 2.63. The van der Waals surface area contributed by atoms with E-state index in [1.54, 1.807) is 42.5 Å². The molecule has 0 spiro atoms. The minimum Gasteiger partial charge on any atom is -0.497 e. The molecule has 23 nitrogen and oxygen atoms in total. The van der Waals surface area contributed by atoms with Gasteiger partial charge >= 0.3 is 47.8 Å². The number of carbonyl (C=O) groups is 9. The van der Waals surface area contributed by atoms with E-state index in [1.807, 2.05) is 0 Å². The maximum atomic E-state index is 14.9. The molecule has 77 heavy (non-hydrogen) atoms. The smallest absolute Gasteiger partial charge is 0.366 e. The van der Waals surface area contributed by atoms with Crippen LogP contribution in [0.3, 0.4) is 0 Å². The van der Waals surface area contributed by atoms with Gasteiger partial charge in [-0.15, -0.1) is 0 Å². The third-order valence-electron chi connectivity index (χ3n) is 11.6. The van der Waals surface area contributed by atoms with Crippen LogP contribution in [0.15, 0.2) is 115 Å². The van der Waals surface area contributed by atoms with Crippen LogP contribution in [0.2, 0.25) is 0 Å². The van der Waals surface area contributed by atoms with E-state index in [9.17, 15) is 43.2 Å². The first-order valence-corrected chi connectivity index (χ1v) is 23.9. The highest BCUT2D eigenvalue weighted by Crippen LogP contribution is 2.42. The minimum absolute atomic E-state index is 0.0237. The number of rotatable bonds is 21. The predicted molar refractivity (Wildman–Crippen MR) is 260 cm³/mol. The molecule has 410 valence electrons. The van der Waals surface area contributed by atoms with Crippen molar-refractivity contribution in [3.63, 3.8) is 0 Å². The molecule has 23 heteroatoms. The number of methoxy groups -OCH3 is 2. The topological polar surface area (TPSA) is 286 Å². The van der Waals surface area contributed by atoms with Crippen molar-refractivity contribution in [1.82, 2.24) is 5.32 Å². The zero-order chi connectivity index (χ0) is 55.8. The van der Waals surface area contributed by atoms with Crippen molar-refractivity contribution in [1.29, 1.82) is 0 Å². The minimum atomic E-state index is -3.04. The zero-order valence-electron chi connectivity index (χ0n) is 42.8. The van der Waals surface area contributed by atoms with Crippen LogP contribution in [0.25, 0.3) is 0 Å². The lowest BCUT2D eigenvalue weighted by atomic mass is 9.87. The lowest BCUT2D eigenvalue weighted by Gasteiger charge is -2.51. The van der Waals surface area contributed by atoms with E-state index in [-0.39, 0.29) is 22.4 Å². The second-order valence-electron chi connectivity index (χ2n) is 17.3. The third-order valence-corrected chi connectivity index (χ3v) is 11.6. The Bertz CT molecular complexity index is 2710. The molecule has 6 rings (SSSR count). The summed E-state index contributed by atoms with van der Waals surface area (Å²) in [5.41, 5.74) is 0.0534. The van der Waals surface area contributed by atoms with Crippen molar-refractivity contribution in [3.05, 3.63) is 132 Å². The fourth-order valence-corrected chi connectivity index (χ4v) is 8.38. The Labute approximate surface area is 441 Å². The molecule has 2 unspecified atom stereocenters. The summed E-state index contributed by atoms with van der Waals surface area (Å²) in [5.74, 6) is -11.6. The van der Waals surface area contributed by atoms with E-state index < -0.39 is 140 Å². The maximum absolute atomic E-state index is 14.9. The third kappa shape index (κ3) is 15.6. The summed E-state index contributed by atoms with van der Waals surface area (Å²) in [7, 11) is 2.35. The molecule has 2 aliphatic rings. The van der Waals surface area contributed by atoms with Crippen molar-refractivity contribution >= 4 is 53.7 Å². The zero-order valence-corrected chi connectivity index (χ0v) is 42.8. The van der Waals surface area contributed by atoms with Crippen LogP contribution < -0.4 is 14.8 Å². The molecule has 0 saturated carbocycles. The number of ether oxygens (including phenoxy) is 13. The SMILES string of the molecule is COC(=O)[C@]1(OC2[C@@H](OC(=O)c3ccccc3)[C@H](Oc3ccc(OC)cc3)O[C@H](COC(=O)c3ccccc3)[C@@H]2OC(=O)c2ccccc2)C[C@H](OC(C)=O)[C@@H](NC(C)=O)[C@H]([C@H](OC(C)=O)C(COC(C)=O)OC(C)=O)O1. The Hall–Kier alpha value is -8.41. The van der Waals surface area contributed by atoms with Crippen molar-refractivity contribution in [3.8, 4) is 11.5 Å². The van der Waals surface area contributed by atoms with Gasteiger partial charge in [0.2, 0.25) is 12.2 Å². The van der Waals surface area contributed by atoms with Gasteiger partial charge in [-0.25, -0.2) is 19.2 Å². The predicted octanol–water partition coefficient (Wildman–Crippen LogP) is 4.01. The molecule has 1 N–H and O–H groups in total. The molecule has 2 saturated heterocycles. The number of hydrogen-bond acceptors (Lipinski definition) is 22. The van der Waals surface area contributed by atoms with Gasteiger partial charge in [0.1, 0.15) is 49.1 Å². The van der Waals surface area contributed by atoms with Gasteiger partial charge < -0.3 is 66.9 Å². The molecule has 4 aromatic carbocycles. The monoisotopic (exact) mass is 1070 g/mol. The fraction of sp³-hybridized carbons (Fsp3) is 0.389. The number of hydrogen-bond donors (Lipinski definition) is 1. The Morgan fingerprint density at radius 1 is 0.597 bits per heavy atom. The van der Waals surface area contributed by atoms with Gasteiger partial charge in [-0.3, -0.25) is 24.0 Å². The standard InChI is InChI=1S/C54H57NO22/c1-30(56)55-43-40(69-32(3)58)27-54(53(64)66-7,76-46(43)44(71-34(5)60)41(70-33(4)59)28-67-31(2)57)77-47-45(74-50(62)36-19-13-9-14-20-36)42(29-68-49(61)35-17-11-8-12-18-35)73-52(72-39-25-23-38(65-6)24-26-39)48(47)75-51(63)37-21-15-10-16-22-37/h8-26,40-48,52H,27-29H2,1-7H3,(H,55,56)/t40-,41?,42+,43+,44+,45-,46+,47?,48+,52+,54+/m0/s1. The summed E-state index contributed by atoms with van der Waals surface area (Å²) in [6.07, 6.45) is -18.0. The average Bonchev–Trinajstić information content (AvgIpc) is 3.41. The van der Waals surface area contributed by atoms with Crippen molar-refractivity contribution < 1.29 is 105 Å². The summed E-state index contributed by atoms with van der Waals surface area (Å²) in [6, 6.07) is 27.3. The van der Waals surface area contributed by atoms with Crippen LogP contribution in [0.5, 0.6) is 11.5 Å². The molecule has 11 atom stereocenters. The lowest BCUT2D eigenvalue weighted by Crippen LogP contribution is -2.72. The van der Waals surface area contributed by atoms with E-state index in [1.165, 1.54) is 79.9 Å². The van der Waals surface area contributed by atoms with E-state index >= 15 is 0 Å². The van der Waals surface area contributed by atoms with Crippen LogP contribution >= 0.6 is 0 Å². The summed E-state index contributed by atoms with van der Waals surface area (Å²) in [5, 5.41) is 2.58. The molecule has 0 aromatic heterocycles. The summed E-state index contributed by atoms with van der Waals surface area (Å²) >= 11 is 0. The molecule has 2 heterocycles. The van der Waals surface area contributed by atoms with Gasteiger partial charge in [-0.1, -0.05) is 54.6 Å². The summed E-state index contributed by atoms with van der Waals surface area (Å²) in [6.45, 7) is 3.49. The summed E-state index contributed by atoms with van der Waals surface area (Å²) < 4.78 is 77.7. The van der Waals surface area contributed by atoms with E-state index in [0.717, 1.165) is 41.7 Å². The number of benzene rings is 4. The Morgan fingerprint density at radius 3 is 1.62 bits per heavy atom. The Kier molecular flexibility index (Phi) is 20.2. The summed E-state index contributed by atoms with van der Waals surface area (Å²) in [4.78, 5) is 122. The van der Waals surface area contributed by atoms with Crippen LogP contribution in [0.1, 0.15) is 72.1 Å². The molecule has 0 radical (unpaired) electrons. The van der Waals surface area contributed by atoms with Crippen molar-refractivity contribution in [2.75, 3.05) is 27.4 Å².